The van der Waals surface area contributed by atoms with Gasteiger partial charge in [-0.1, -0.05) is 49.5 Å². The van der Waals surface area contributed by atoms with Crippen LogP contribution in [0.3, 0.4) is 0 Å². The van der Waals surface area contributed by atoms with Crippen LogP contribution in [-0.4, -0.2) is 27.1 Å². The fourth-order valence-electron chi connectivity index (χ4n) is 3.43. The molecule has 0 radical (unpaired) electrons. The summed E-state index contributed by atoms with van der Waals surface area (Å²) in [5.74, 6) is -0.428. The van der Waals surface area contributed by atoms with Crippen molar-refractivity contribution in [2.24, 2.45) is 4.99 Å². The Morgan fingerprint density at radius 2 is 2.04 bits per heavy atom. The Morgan fingerprint density at radius 1 is 1.28 bits per heavy atom. The minimum Gasteiger partial charge on any atom is -0.290 e. The van der Waals surface area contributed by atoms with Crippen molar-refractivity contribution < 1.29 is 9.59 Å². The molecule has 3 aliphatic rings. The number of thiocarbonyl (C=S) groups is 1. The average Bonchev–Trinajstić information content (AvgIpc) is 3.17. The number of nitrogens with zero attached hydrogens (tertiary/aromatic N) is 2. The lowest BCUT2D eigenvalue weighted by Crippen LogP contribution is -2.36. The van der Waals surface area contributed by atoms with Crippen LogP contribution in [0.2, 0.25) is 0 Å². The van der Waals surface area contributed by atoms with Crippen LogP contribution in [0, 0.1) is 0 Å². The van der Waals surface area contributed by atoms with Crippen molar-refractivity contribution in [2.75, 3.05) is 0 Å². The van der Waals surface area contributed by atoms with Gasteiger partial charge in [0.05, 0.1) is 10.3 Å². The SMILES string of the molecule is C=c1ccc2c(c1)C=C(/C=C1\SC(=S)N(C3CCCC3)C1=O)C(=O)N=2. The number of hydrogen-bond acceptors (Lipinski definition) is 4. The van der Waals surface area contributed by atoms with Crippen LogP contribution in [0.5, 0.6) is 0 Å². The molecule has 6 heteroatoms. The maximum Gasteiger partial charge on any atom is 0.277 e. The first-order valence-electron chi connectivity index (χ1n) is 8.24. The van der Waals surface area contributed by atoms with E-state index in [0.717, 1.165) is 36.5 Å². The van der Waals surface area contributed by atoms with E-state index in [1.165, 1.54) is 11.8 Å². The molecule has 2 amide bonds. The van der Waals surface area contributed by atoms with Crippen LogP contribution in [0.4, 0.5) is 0 Å². The normalized spacial score (nSPS) is 22.4. The molecule has 2 fully saturated rings. The summed E-state index contributed by atoms with van der Waals surface area (Å²) in [5, 5.41) is 1.49. The number of rotatable bonds is 2. The number of benzene rings is 1. The van der Waals surface area contributed by atoms with Gasteiger partial charge in [-0.3, -0.25) is 14.5 Å². The zero-order valence-electron chi connectivity index (χ0n) is 13.5. The number of fused-ring (bicyclic) bond motifs is 1. The standard InChI is InChI=1S/C19H16N2O2S2/c1-11-6-7-15-12(8-11)9-13(17(22)20-15)10-16-18(23)21(19(24)25-16)14-4-2-3-5-14/h6-10,14H,1-5H2/b16-10-. The molecule has 4 nitrogen and oxygen atoms in total. The van der Waals surface area contributed by atoms with Crippen LogP contribution in [0.15, 0.2) is 39.7 Å². The summed E-state index contributed by atoms with van der Waals surface area (Å²) in [6.45, 7) is 3.90. The van der Waals surface area contributed by atoms with Crippen molar-refractivity contribution >= 4 is 52.8 Å². The first kappa shape index (κ1) is 16.4. The summed E-state index contributed by atoms with van der Waals surface area (Å²) >= 11 is 6.67. The maximum absolute atomic E-state index is 12.8. The third-order valence-corrected chi connectivity index (χ3v) is 6.00. The number of carbonyl (C=O) groups excluding carboxylic acids is 2. The molecular formula is C19H16N2O2S2. The molecule has 1 aromatic rings. The van der Waals surface area contributed by atoms with E-state index < -0.39 is 0 Å². The summed E-state index contributed by atoms with van der Waals surface area (Å²) in [6.07, 6.45) is 7.65. The fraction of sp³-hybridized carbons (Fsp3) is 0.263. The van der Waals surface area contributed by atoms with Crippen molar-refractivity contribution in [1.29, 1.82) is 0 Å². The molecule has 1 aromatic carbocycles. The summed E-state index contributed by atoms with van der Waals surface area (Å²) in [4.78, 5) is 31.4. The Kier molecular flexibility index (Phi) is 4.17. The molecule has 1 saturated carbocycles. The van der Waals surface area contributed by atoms with Gasteiger partial charge in [-0.2, -0.15) is 0 Å². The van der Waals surface area contributed by atoms with Gasteiger partial charge in [-0.15, -0.1) is 0 Å². The van der Waals surface area contributed by atoms with Crippen LogP contribution >= 0.6 is 24.0 Å². The monoisotopic (exact) mass is 368 g/mol. The van der Waals surface area contributed by atoms with E-state index in [1.54, 1.807) is 23.1 Å². The van der Waals surface area contributed by atoms with Gasteiger partial charge in [0.15, 0.2) is 0 Å². The largest absolute Gasteiger partial charge is 0.290 e. The second-order valence-electron chi connectivity index (χ2n) is 6.40. The Balaban J connectivity index is 1.67. The van der Waals surface area contributed by atoms with Crippen molar-refractivity contribution in [3.63, 3.8) is 0 Å². The molecule has 25 heavy (non-hydrogen) atoms. The van der Waals surface area contributed by atoms with Gasteiger partial charge in [0.1, 0.15) is 4.32 Å². The molecule has 0 unspecified atom stereocenters. The molecule has 2 heterocycles. The molecule has 2 aliphatic heterocycles. The van der Waals surface area contributed by atoms with E-state index >= 15 is 0 Å². The Labute approximate surface area is 155 Å². The number of hydrogen-bond donors (Lipinski definition) is 0. The highest BCUT2D eigenvalue weighted by atomic mass is 32.2. The highest BCUT2D eigenvalue weighted by Gasteiger charge is 2.38. The van der Waals surface area contributed by atoms with E-state index in [-0.39, 0.29) is 17.9 Å². The second-order valence-corrected chi connectivity index (χ2v) is 8.08. The highest BCUT2D eigenvalue weighted by Crippen LogP contribution is 2.37. The van der Waals surface area contributed by atoms with Crippen molar-refractivity contribution in [1.82, 2.24) is 4.90 Å². The average molecular weight is 368 g/mol. The minimum absolute atomic E-state index is 0.0905. The van der Waals surface area contributed by atoms with Crippen molar-refractivity contribution in [3.05, 3.63) is 50.9 Å². The predicted molar refractivity (Wildman–Crippen MR) is 103 cm³/mol. The Bertz CT molecular complexity index is 972. The van der Waals surface area contributed by atoms with Crippen LogP contribution in [0.1, 0.15) is 31.2 Å². The quantitative estimate of drug-likeness (QED) is 0.594. The molecule has 0 bridgehead atoms. The van der Waals surface area contributed by atoms with Gasteiger partial charge >= 0.3 is 0 Å². The van der Waals surface area contributed by atoms with Gasteiger partial charge in [-0.05, 0) is 42.3 Å². The van der Waals surface area contributed by atoms with Gasteiger partial charge < -0.3 is 0 Å². The molecule has 0 aromatic heterocycles. The summed E-state index contributed by atoms with van der Waals surface area (Å²) in [7, 11) is 0. The van der Waals surface area contributed by atoms with Crippen LogP contribution < -0.4 is 10.6 Å². The first-order valence-corrected chi connectivity index (χ1v) is 9.46. The molecular weight excluding hydrogens is 352 g/mol. The lowest BCUT2D eigenvalue weighted by atomic mass is 10.1. The zero-order valence-corrected chi connectivity index (χ0v) is 15.2. The minimum atomic E-state index is -0.338. The first-order chi connectivity index (χ1) is 12.0. The Morgan fingerprint density at radius 3 is 2.80 bits per heavy atom. The van der Waals surface area contributed by atoms with Crippen LogP contribution in [-0.2, 0) is 9.59 Å². The number of carbonyl (C=O) groups is 2. The van der Waals surface area contributed by atoms with E-state index in [4.69, 9.17) is 12.2 Å². The molecule has 1 saturated heterocycles. The van der Waals surface area contributed by atoms with E-state index in [1.807, 2.05) is 12.1 Å². The molecule has 0 atom stereocenters. The molecule has 0 spiro atoms. The predicted octanol–water partition coefficient (Wildman–Crippen LogP) is 2.33. The highest BCUT2D eigenvalue weighted by molar-refractivity contribution is 8.26. The molecule has 0 N–H and O–H groups in total. The maximum atomic E-state index is 12.8. The summed E-state index contributed by atoms with van der Waals surface area (Å²) in [6, 6.07) is 5.68. The smallest absolute Gasteiger partial charge is 0.277 e. The van der Waals surface area contributed by atoms with Crippen molar-refractivity contribution in [3.8, 4) is 0 Å². The molecule has 4 rings (SSSR count). The molecule has 1 aliphatic carbocycles. The van der Waals surface area contributed by atoms with Gasteiger partial charge in [0.2, 0.25) is 0 Å². The van der Waals surface area contributed by atoms with Gasteiger partial charge in [0.25, 0.3) is 11.8 Å². The second kappa shape index (κ2) is 6.35. The summed E-state index contributed by atoms with van der Waals surface area (Å²) < 4.78 is 0.587. The Hall–Kier alpha value is -2.05. The van der Waals surface area contributed by atoms with E-state index in [0.29, 0.717) is 20.2 Å². The fourth-order valence-corrected chi connectivity index (χ4v) is 4.82. The van der Waals surface area contributed by atoms with E-state index in [9.17, 15) is 9.59 Å². The third kappa shape index (κ3) is 3.00. The lowest BCUT2D eigenvalue weighted by Gasteiger charge is -2.21. The molecule has 126 valence electrons. The summed E-state index contributed by atoms with van der Waals surface area (Å²) in [5.41, 5.74) is 1.25. The third-order valence-electron chi connectivity index (χ3n) is 4.67. The lowest BCUT2D eigenvalue weighted by molar-refractivity contribution is -0.123. The number of amides is 2. The van der Waals surface area contributed by atoms with E-state index in [2.05, 4.69) is 11.6 Å². The van der Waals surface area contributed by atoms with Gasteiger partial charge in [-0.25, -0.2) is 4.99 Å². The van der Waals surface area contributed by atoms with Crippen molar-refractivity contribution in [2.45, 2.75) is 31.7 Å². The topological polar surface area (TPSA) is 49.7 Å². The number of thioether (sulfide) groups is 1. The van der Waals surface area contributed by atoms with Gasteiger partial charge in [0, 0.05) is 17.2 Å². The zero-order chi connectivity index (χ0) is 17.6. The van der Waals surface area contributed by atoms with Crippen LogP contribution in [0.25, 0.3) is 12.7 Å².